The Morgan fingerprint density at radius 2 is 1.97 bits per heavy atom. The molecule has 0 spiro atoms. The molecule has 1 atom stereocenters. The Hall–Kier alpha value is -4.05. The summed E-state index contributed by atoms with van der Waals surface area (Å²) in [5.74, 6) is -1.40. The van der Waals surface area contributed by atoms with Gasteiger partial charge in [0.1, 0.15) is 11.9 Å². The molecule has 2 heterocycles. The number of aromatic nitrogens is 3. The van der Waals surface area contributed by atoms with Crippen molar-refractivity contribution >= 4 is 29.4 Å². The zero-order valence-electron chi connectivity index (χ0n) is 19.8. The first-order valence-corrected chi connectivity index (χ1v) is 12.2. The molecule has 0 saturated heterocycles. The molecule has 10 heteroatoms. The van der Waals surface area contributed by atoms with Crippen molar-refractivity contribution in [1.82, 2.24) is 19.7 Å². The maximum Gasteiger partial charge on any atom is 0.326 e. The fourth-order valence-corrected chi connectivity index (χ4v) is 4.72. The molecule has 36 heavy (non-hydrogen) atoms. The van der Waals surface area contributed by atoms with Gasteiger partial charge in [0.2, 0.25) is 0 Å². The molecule has 1 amide bonds. The first-order valence-electron chi connectivity index (χ1n) is 11.4. The number of rotatable bonds is 10. The van der Waals surface area contributed by atoms with E-state index >= 15 is 0 Å². The van der Waals surface area contributed by atoms with Gasteiger partial charge in [-0.2, -0.15) is 4.37 Å². The summed E-state index contributed by atoms with van der Waals surface area (Å²) in [5, 5.41) is 15.5. The predicted molar refractivity (Wildman–Crippen MR) is 137 cm³/mol. The molecule has 186 valence electrons. The van der Waals surface area contributed by atoms with Crippen LogP contribution in [0.15, 0.2) is 54.9 Å². The number of nitrogens with zero attached hydrogens (tertiary/aromatic N) is 2. The third-order valence-electron chi connectivity index (χ3n) is 5.77. The van der Waals surface area contributed by atoms with Crippen LogP contribution in [0.5, 0.6) is 0 Å². The molecular formula is C26H26FN5O3S. The number of nitrogens with one attached hydrogen (secondary N) is 3. The summed E-state index contributed by atoms with van der Waals surface area (Å²) in [6.45, 7) is 4.00. The second kappa shape index (κ2) is 11.1. The zero-order chi connectivity index (χ0) is 25.7. The molecule has 0 aliphatic rings. The van der Waals surface area contributed by atoms with E-state index < -0.39 is 23.7 Å². The number of carboxylic acids is 1. The lowest BCUT2D eigenvalue weighted by molar-refractivity contribution is -0.139. The van der Waals surface area contributed by atoms with Crippen molar-refractivity contribution in [2.24, 2.45) is 0 Å². The average Bonchev–Trinajstić information content (AvgIpc) is 3.54. The summed E-state index contributed by atoms with van der Waals surface area (Å²) in [6, 6.07) is 11.0. The van der Waals surface area contributed by atoms with Gasteiger partial charge < -0.3 is 20.7 Å². The average molecular weight is 508 g/mol. The lowest BCUT2D eigenvalue weighted by atomic mass is 9.98. The van der Waals surface area contributed by atoms with Crippen LogP contribution >= 0.6 is 11.5 Å². The largest absolute Gasteiger partial charge is 0.480 e. The van der Waals surface area contributed by atoms with E-state index in [1.165, 1.54) is 23.7 Å². The van der Waals surface area contributed by atoms with Crippen molar-refractivity contribution in [3.05, 3.63) is 88.6 Å². The van der Waals surface area contributed by atoms with Gasteiger partial charge in [-0.05, 0) is 65.3 Å². The Bertz CT molecular complexity index is 1350. The smallest absolute Gasteiger partial charge is 0.326 e. The summed E-state index contributed by atoms with van der Waals surface area (Å²) >= 11 is 1.38. The van der Waals surface area contributed by atoms with E-state index in [4.69, 9.17) is 0 Å². The topological polar surface area (TPSA) is 120 Å². The van der Waals surface area contributed by atoms with Crippen LogP contribution in [0.2, 0.25) is 0 Å². The number of carbonyl (C=O) groups excluding carboxylic acids is 1. The number of aryl methyl sites for hydroxylation is 2. The number of H-pyrrole nitrogens is 1. The van der Waals surface area contributed by atoms with E-state index in [1.807, 2.05) is 37.3 Å². The standard InChI is InChI=1S/C26H26FN5O3S/c1-3-17-12-19(27)10-15(2)23(17)24(33)31-21(25(34)35)11-16-4-6-18(7-5-16)22-13-20(32-36-22)14-30-26-28-8-9-29-26/h4-10,12-13,21H,3,11,14H2,1-2H3,(H,31,33)(H,34,35)(H2,28,29,30). The van der Waals surface area contributed by atoms with Gasteiger partial charge in [0.15, 0.2) is 5.95 Å². The molecule has 8 nitrogen and oxygen atoms in total. The third-order valence-corrected chi connectivity index (χ3v) is 6.64. The van der Waals surface area contributed by atoms with Gasteiger partial charge in [-0.1, -0.05) is 31.2 Å². The first kappa shape index (κ1) is 25.1. The SMILES string of the molecule is CCc1cc(F)cc(C)c1C(=O)NC(Cc1ccc(-c2cc(CNc3ncc[nH]3)ns2)cc1)C(=O)O. The molecule has 4 N–H and O–H groups in total. The molecule has 0 radical (unpaired) electrons. The highest BCUT2D eigenvalue weighted by Gasteiger charge is 2.24. The van der Waals surface area contributed by atoms with E-state index in [-0.39, 0.29) is 6.42 Å². The zero-order valence-corrected chi connectivity index (χ0v) is 20.7. The molecule has 0 saturated carbocycles. The highest BCUT2D eigenvalue weighted by Crippen LogP contribution is 2.26. The minimum atomic E-state index is -1.14. The minimum Gasteiger partial charge on any atom is -0.480 e. The molecule has 4 aromatic rings. The first-order chi connectivity index (χ1) is 17.3. The van der Waals surface area contributed by atoms with Gasteiger partial charge in [0.05, 0.1) is 17.1 Å². The number of benzene rings is 2. The number of anilines is 1. The molecular weight excluding hydrogens is 481 g/mol. The molecule has 0 bridgehead atoms. The van der Waals surface area contributed by atoms with Crippen molar-refractivity contribution in [1.29, 1.82) is 0 Å². The van der Waals surface area contributed by atoms with E-state index in [0.29, 0.717) is 35.6 Å². The van der Waals surface area contributed by atoms with E-state index in [0.717, 1.165) is 21.7 Å². The highest BCUT2D eigenvalue weighted by molar-refractivity contribution is 7.09. The van der Waals surface area contributed by atoms with Crippen LogP contribution in [-0.2, 0) is 24.2 Å². The molecule has 4 rings (SSSR count). The Balaban J connectivity index is 1.42. The van der Waals surface area contributed by atoms with Crippen molar-refractivity contribution in [3.63, 3.8) is 0 Å². The quantitative estimate of drug-likeness (QED) is 0.249. The number of carbonyl (C=O) groups is 2. The second-order valence-corrected chi connectivity index (χ2v) is 9.15. The fraction of sp³-hybridized carbons (Fsp3) is 0.231. The Morgan fingerprint density at radius 3 is 2.64 bits per heavy atom. The summed E-state index contributed by atoms with van der Waals surface area (Å²) < 4.78 is 18.2. The molecule has 0 aliphatic heterocycles. The van der Waals surface area contributed by atoms with Crippen LogP contribution in [0, 0.1) is 12.7 Å². The third kappa shape index (κ3) is 5.95. The number of aromatic amines is 1. The van der Waals surface area contributed by atoms with Crippen LogP contribution < -0.4 is 10.6 Å². The number of aliphatic carboxylic acids is 1. The highest BCUT2D eigenvalue weighted by atomic mass is 32.1. The number of halogens is 1. The van der Waals surface area contributed by atoms with Crippen LogP contribution in [0.1, 0.15) is 39.7 Å². The maximum absolute atomic E-state index is 13.8. The maximum atomic E-state index is 13.8. The second-order valence-electron chi connectivity index (χ2n) is 8.35. The van der Waals surface area contributed by atoms with Crippen molar-refractivity contribution in [2.75, 3.05) is 5.32 Å². The fourth-order valence-electron chi connectivity index (χ4n) is 3.95. The van der Waals surface area contributed by atoms with Gasteiger partial charge in [-0.25, -0.2) is 14.2 Å². The van der Waals surface area contributed by atoms with Gasteiger partial charge in [-0.3, -0.25) is 4.79 Å². The summed E-state index contributed by atoms with van der Waals surface area (Å²) in [5.41, 5.74) is 3.95. The Kier molecular flexibility index (Phi) is 7.74. The van der Waals surface area contributed by atoms with E-state index in [2.05, 4.69) is 25.0 Å². The van der Waals surface area contributed by atoms with E-state index in [1.54, 1.807) is 19.3 Å². The monoisotopic (exact) mass is 507 g/mol. The lowest BCUT2D eigenvalue weighted by Crippen LogP contribution is -2.42. The van der Waals surface area contributed by atoms with Gasteiger partial charge in [0, 0.05) is 24.4 Å². The Labute approximate surface area is 211 Å². The summed E-state index contributed by atoms with van der Waals surface area (Å²) in [7, 11) is 0. The van der Waals surface area contributed by atoms with Crippen LogP contribution in [0.25, 0.3) is 10.4 Å². The van der Waals surface area contributed by atoms with Gasteiger partial charge in [0.25, 0.3) is 5.91 Å². The number of carboxylic acid groups (broad SMARTS) is 1. The minimum absolute atomic E-state index is 0.115. The van der Waals surface area contributed by atoms with Gasteiger partial charge >= 0.3 is 5.97 Å². The predicted octanol–water partition coefficient (Wildman–Crippen LogP) is 4.58. The molecule has 2 aromatic heterocycles. The number of amides is 1. The van der Waals surface area contributed by atoms with E-state index in [9.17, 15) is 19.1 Å². The van der Waals surface area contributed by atoms with Crippen LogP contribution in [0.3, 0.4) is 0 Å². The number of hydrogen-bond acceptors (Lipinski definition) is 6. The van der Waals surface area contributed by atoms with Crippen molar-refractivity contribution in [3.8, 4) is 10.4 Å². The van der Waals surface area contributed by atoms with Crippen LogP contribution in [0.4, 0.5) is 10.3 Å². The molecule has 1 unspecified atom stereocenters. The number of imidazole rings is 1. The normalized spacial score (nSPS) is 11.8. The van der Waals surface area contributed by atoms with Crippen molar-refractivity contribution < 1.29 is 19.1 Å². The number of hydrogen-bond donors (Lipinski definition) is 4. The molecule has 2 aromatic carbocycles. The summed E-state index contributed by atoms with van der Waals surface area (Å²) in [4.78, 5) is 32.9. The summed E-state index contributed by atoms with van der Waals surface area (Å²) in [6.07, 6.45) is 3.98. The molecule has 0 fully saturated rings. The van der Waals surface area contributed by atoms with Gasteiger partial charge in [-0.15, -0.1) is 0 Å². The van der Waals surface area contributed by atoms with Crippen molar-refractivity contribution in [2.45, 2.75) is 39.3 Å². The Morgan fingerprint density at radius 1 is 1.19 bits per heavy atom. The molecule has 0 aliphatic carbocycles. The van der Waals surface area contributed by atoms with Crippen LogP contribution in [-0.4, -0.2) is 37.4 Å². The lowest BCUT2D eigenvalue weighted by Gasteiger charge is -2.17.